The highest BCUT2D eigenvalue weighted by Gasteiger charge is 2.10. The van der Waals surface area contributed by atoms with Gasteiger partial charge in [-0.25, -0.2) is 4.79 Å². The summed E-state index contributed by atoms with van der Waals surface area (Å²) in [6.07, 6.45) is 0.596. The lowest BCUT2D eigenvalue weighted by atomic mass is 10.1. The number of hydrogen-bond donors (Lipinski definition) is 1. The van der Waals surface area contributed by atoms with Crippen molar-refractivity contribution in [3.8, 4) is 17.2 Å². The van der Waals surface area contributed by atoms with Crippen LogP contribution in [0.1, 0.15) is 11.1 Å². The number of benzene rings is 2. The Morgan fingerprint density at radius 3 is 2.45 bits per heavy atom. The summed E-state index contributed by atoms with van der Waals surface area (Å²) >= 11 is 5.93. The number of hydrogen-bond acceptors (Lipinski definition) is 6. The number of halogens is 1. The van der Waals surface area contributed by atoms with Gasteiger partial charge in [0.1, 0.15) is 5.75 Å². The maximum absolute atomic E-state index is 11.8. The van der Waals surface area contributed by atoms with Crippen molar-refractivity contribution in [3.05, 3.63) is 52.5 Å². The Kier molecular flexibility index (Phi) is 8.61. The second-order valence-electron chi connectivity index (χ2n) is 6.15. The fraction of sp³-hybridized carbons (Fsp3) is 0.333. The molecule has 1 amide bonds. The predicted molar refractivity (Wildman–Crippen MR) is 109 cm³/mol. The number of carbonyl (C=O) groups is 2. The van der Waals surface area contributed by atoms with E-state index in [1.54, 1.807) is 38.5 Å². The van der Waals surface area contributed by atoms with Crippen molar-refractivity contribution in [2.24, 2.45) is 0 Å². The second-order valence-corrected chi connectivity index (χ2v) is 6.56. The Morgan fingerprint density at radius 2 is 1.76 bits per heavy atom. The maximum Gasteiger partial charge on any atom is 0.344 e. The number of nitrogens with one attached hydrogen (secondary N) is 1. The van der Waals surface area contributed by atoms with Crippen LogP contribution in [0.25, 0.3) is 0 Å². The fourth-order valence-corrected chi connectivity index (χ4v) is 2.59. The maximum atomic E-state index is 11.8. The predicted octanol–water partition coefficient (Wildman–Crippen LogP) is 2.95. The molecule has 0 aliphatic rings. The first-order valence-electron chi connectivity index (χ1n) is 8.95. The number of carbonyl (C=O) groups excluding carboxylic acids is 2. The average Bonchev–Trinajstić information content (AvgIpc) is 2.72. The van der Waals surface area contributed by atoms with E-state index < -0.39 is 5.97 Å². The van der Waals surface area contributed by atoms with Crippen LogP contribution in [0.2, 0.25) is 5.02 Å². The summed E-state index contributed by atoms with van der Waals surface area (Å²) in [5.41, 5.74) is 1.82. The molecule has 1 N–H and O–H groups in total. The number of amides is 1. The third-order valence-corrected chi connectivity index (χ3v) is 4.46. The fourth-order valence-electron chi connectivity index (χ4n) is 2.47. The van der Waals surface area contributed by atoms with Crippen LogP contribution in [0.4, 0.5) is 0 Å². The molecule has 0 aromatic heterocycles. The molecule has 0 fully saturated rings. The minimum atomic E-state index is -0.632. The van der Waals surface area contributed by atoms with Gasteiger partial charge in [0.2, 0.25) is 0 Å². The van der Waals surface area contributed by atoms with Crippen LogP contribution in [0, 0.1) is 6.92 Å². The molecule has 29 heavy (non-hydrogen) atoms. The van der Waals surface area contributed by atoms with Gasteiger partial charge in [0, 0.05) is 11.6 Å². The van der Waals surface area contributed by atoms with Gasteiger partial charge in [-0.15, -0.1) is 0 Å². The van der Waals surface area contributed by atoms with E-state index in [1.165, 1.54) is 0 Å². The van der Waals surface area contributed by atoms with Gasteiger partial charge in [0.05, 0.1) is 14.2 Å². The highest BCUT2D eigenvalue weighted by atomic mass is 35.5. The Hall–Kier alpha value is -2.93. The van der Waals surface area contributed by atoms with Crippen molar-refractivity contribution >= 4 is 23.5 Å². The molecule has 156 valence electrons. The van der Waals surface area contributed by atoms with Crippen molar-refractivity contribution in [1.29, 1.82) is 0 Å². The molecule has 0 atom stereocenters. The summed E-state index contributed by atoms with van der Waals surface area (Å²) in [5, 5.41) is 3.31. The van der Waals surface area contributed by atoms with Gasteiger partial charge in [0.25, 0.3) is 5.91 Å². The average molecular weight is 422 g/mol. The van der Waals surface area contributed by atoms with E-state index in [2.05, 4.69) is 5.32 Å². The standard InChI is InChI=1S/C21H24ClNO6/c1-14-10-16(5-6-17(14)22)28-13-21(25)29-12-20(24)23-9-8-15-4-7-18(26-2)19(11-15)27-3/h4-7,10-11H,8-9,12-13H2,1-3H3,(H,23,24). The van der Waals surface area contributed by atoms with Gasteiger partial charge in [-0.1, -0.05) is 17.7 Å². The SMILES string of the molecule is COc1ccc(CCNC(=O)COC(=O)COc2ccc(Cl)c(C)c2)cc1OC. The summed E-state index contributed by atoms with van der Waals surface area (Å²) in [6.45, 7) is 1.57. The van der Waals surface area contributed by atoms with E-state index in [9.17, 15) is 9.59 Å². The molecule has 7 nitrogen and oxygen atoms in total. The van der Waals surface area contributed by atoms with Gasteiger partial charge < -0.3 is 24.3 Å². The van der Waals surface area contributed by atoms with Crippen LogP contribution in [-0.4, -0.2) is 45.9 Å². The Morgan fingerprint density at radius 1 is 1.00 bits per heavy atom. The van der Waals surface area contributed by atoms with Crippen molar-refractivity contribution in [2.45, 2.75) is 13.3 Å². The molecular weight excluding hydrogens is 398 g/mol. The molecule has 0 saturated heterocycles. The molecule has 2 aromatic carbocycles. The Balaban J connectivity index is 1.67. The quantitative estimate of drug-likeness (QED) is 0.594. The van der Waals surface area contributed by atoms with Crippen molar-refractivity contribution in [3.63, 3.8) is 0 Å². The van der Waals surface area contributed by atoms with Crippen molar-refractivity contribution in [2.75, 3.05) is 34.0 Å². The minimum Gasteiger partial charge on any atom is -0.493 e. The zero-order chi connectivity index (χ0) is 21.2. The molecule has 8 heteroatoms. The van der Waals surface area contributed by atoms with E-state index in [0.717, 1.165) is 11.1 Å². The second kappa shape index (κ2) is 11.2. The van der Waals surface area contributed by atoms with Gasteiger partial charge >= 0.3 is 5.97 Å². The summed E-state index contributed by atoms with van der Waals surface area (Å²) in [5.74, 6) is 0.751. The normalized spacial score (nSPS) is 10.2. The zero-order valence-corrected chi connectivity index (χ0v) is 17.4. The van der Waals surface area contributed by atoms with Crippen LogP contribution in [0.3, 0.4) is 0 Å². The van der Waals surface area contributed by atoms with Crippen molar-refractivity contribution < 1.29 is 28.5 Å². The van der Waals surface area contributed by atoms with Gasteiger partial charge in [-0.2, -0.15) is 0 Å². The monoisotopic (exact) mass is 421 g/mol. The van der Waals surface area contributed by atoms with Gasteiger partial charge in [-0.05, 0) is 54.8 Å². The molecule has 2 rings (SSSR count). The smallest absolute Gasteiger partial charge is 0.344 e. The molecule has 0 radical (unpaired) electrons. The van der Waals surface area contributed by atoms with E-state index in [-0.39, 0.29) is 19.1 Å². The number of ether oxygens (including phenoxy) is 4. The highest BCUT2D eigenvalue weighted by molar-refractivity contribution is 6.31. The molecule has 2 aromatic rings. The third kappa shape index (κ3) is 7.19. The molecule has 0 aliphatic carbocycles. The van der Waals surface area contributed by atoms with Crippen LogP contribution < -0.4 is 19.5 Å². The molecule has 0 unspecified atom stereocenters. The summed E-state index contributed by atoms with van der Waals surface area (Å²) in [7, 11) is 3.14. The number of methoxy groups -OCH3 is 2. The lowest BCUT2D eigenvalue weighted by Gasteiger charge is -2.10. The Bertz CT molecular complexity index is 855. The van der Waals surface area contributed by atoms with Crippen LogP contribution >= 0.6 is 11.6 Å². The van der Waals surface area contributed by atoms with Gasteiger partial charge in [0.15, 0.2) is 24.7 Å². The largest absolute Gasteiger partial charge is 0.493 e. The minimum absolute atomic E-state index is 0.292. The topological polar surface area (TPSA) is 83.1 Å². The van der Waals surface area contributed by atoms with Crippen LogP contribution in [-0.2, 0) is 20.7 Å². The van der Waals surface area contributed by atoms with E-state index in [0.29, 0.717) is 35.2 Å². The van der Waals surface area contributed by atoms with Crippen LogP contribution in [0.5, 0.6) is 17.2 Å². The summed E-state index contributed by atoms with van der Waals surface area (Å²) in [4.78, 5) is 23.5. The summed E-state index contributed by atoms with van der Waals surface area (Å²) in [6, 6.07) is 10.6. The molecule has 0 bridgehead atoms. The first kappa shape index (κ1) is 22.4. The van der Waals surface area contributed by atoms with E-state index in [1.807, 2.05) is 19.1 Å². The lowest BCUT2D eigenvalue weighted by molar-refractivity contribution is -0.150. The molecule has 0 spiro atoms. The van der Waals surface area contributed by atoms with E-state index >= 15 is 0 Å². The number of rotatable bonds is 10. The van der Waals surface area contributed by atoms with Crippen molar-refractivity contribution in [1.82, 2.24) is 5.32 Å². The molecule has 0 aliphatic heterocycles. The first-order valence-corrected chi connectivity index (χ1v) is 9.33. The highest BCUT2D eigenvalue weighted by Crippen LogP contribution is 2.27. The molecule has 0 heterocycles. The number of esters is 1. The lowest BCUT2D eigenvalue weighted by Crippen LogP contribution is -2.31. The Labute approximate surface area is 174 Å². The zero-order valence-electron chi connectivity index (χ0n) is 16.6. The summed E-state index contributed by atoms with van der Waals surface area (Å²) < 4.78 is 20.7. The molecule has 0 saturated carbocycles. The van der Waals surface area contributed by atoms with Gasteiger partial charge in [-0.3, -0.25) is 4.79 Å². The number of aryl methyl sites for hydroxylation is 1. The van der Waals surface area contributed by atoms with Crippen LogP contribution in [0.15, 0.2) is 36.4 Å². The third-order valence-electron chi connectivity index (χ3n) is 4.03. The molecular formula is C21H24ClNO6. The van der Waals surface area contributed by atoms with E-state index in [4.69, 9.17) is 30.5 Å². The first-order chi connectivity index (χ1) is 13.9.